The molecule has 36 heavy (non-hydrogen) atoms. The van der Waals surface area contributed by atoms with Crippen LogP contribution in [-0.4, -0.2) is 87.8 Å². The molecule has 5 atom stereocenters. The summed E-state index contributed by atoms with van der Waals surface area (Å²) in [6.07, 6.45) is -1.50. The molecule has 0 fully saturated rings. The molecule has 0 aliphatic heterocycles. The monoisotopic (exact) mass is 517 g/mol. The number of aliphatic carboxylic acids is 2. The summed E-state index contributed by atoms with van der Waals surface area (Å²) in [7, 11) is 0. The van der Waals surface area contributed by atoms with Gasteiger partial charge >= 0.3 is 11.9 Å². The molecule has 206 valence electrons. The van der Waals surface area contributed by atoms with Gasteiger partial charge in [-0.2, -0.15) is 0 Å². The van der Waals surface area contributed by atoms with Gasteiger partial charge in [-0.3, -0.25) is 24.2 Å². The number of carboxylic acid groups (broad SMARTS) is 2. The van der Waals surface area contributed by atoms with Gasteiger partial charge in [0.25, 0.3) is 0 Å². The zero-order chi connectivity index (χ0) is 28.0. The van der Waals surface area contributed by atoms with E-state index < -0.39 is 59.9 Å². The van der Waals surface area contributed by atoms with E-state index in [1.807, 2.05) is 0 Å². The van der Waals surface area contributed by atoms with E-state index in [0.29, 0.717) is 0 Å². The summed E-state index contributed by atoms with van der Waals surface area (Å²) in [6, 6.07) is -5.17. The van der Waals surface area contributed by atoms with Gasteiger partial charge in [-0.1, -0.05) is 13.8 Å². The fraction of sp³-hybridized carbons (Fsp3) is 0.714. The fourth-order valence-electron chi connectivity index (χ4n) is 3.07. The third kappa shape index (κ3) is 13.4. The van der Waals surface area contributed by atoms with E-state index in [9.17, 15) is 34.2 Å². The number of guanidine groups is 1. The summed E-state index contributed by atoms with van der Waals surface area (Å²) in [5, 5.41) is 35.3. The van der Waals surface area contributed by atoms with E-state index in [1.165, 1.54) is 6.92 Å². The summed E-state index contributed by atoms with van der Waals surface area (Å²) in [5.74, 6) is -5.18. The second-order valence-corrected chi connectivity index (χ2v) is 8.80. The third-order valence-electron chi connectivity index (χ3n) is 4.97. The van der Waals surface area contributed by atoms with Gasteiger partial charge in [0.05, 0.1) is 12.1 Å². The second kappa shape index (κ2) is 16.3. The van der Waals surface area contributed by atoms with E-state index in [2.05, 4.69) is 20.9 Å². The largest absolute Gasteiger partial charge is 0.481 e. The fourth-order valence-corrected chi connectivity index (χ4v) is 3.07. The van der Waals surface area contributed by atoms with Crippen LogP contribution >= 0.6 is 0 Å². The number of aliphatic imine (C=N–C) groups is 1. The third-order valence-corrected chi connectivity index (χ3v) is 4.97. The Labute approximate surface area is 209 Å². The highest BCUT2D eigenvalue weighted by Gasteiger charge is 2.32. The van der Waals surface area contributed by atoms with E-state index in [1.54, 1.807) is 13.8 Å². The number of nitrogens with zero attached hydrogens (tertiary/aromatic N) is 1. The molecule has 0 spiro atoms. The van der Waals surface area contributed by atoms with Gasteiger partial charge in [0.1, 0.15) is 18.1 Å². The van der Waals surface area contributed by atoms with Gasteiger partial charge in [0, 0.05) is 13.0 Å². The van der Waals surface area contributed by atoms with Gasteiger partial charge in [0.15, 0.2) is 5.96 Å². The molecule has 15 heteroatoms. The predicted molar refractivity (Wildman–Crippen MR) is 129 cm³/mol. The number of aliphatic hydroxyl groups is 1. The molecule has 0 aromatic rings. The Morgan fingerprint density at radius 2 is 1.44 bits per heavy atom. The molecule has 0 saturated heterocycles. The summed E-state index contributed by atoms with van der Waals surface area (Å²) >= 11 is 0. The van der Waals surface area contributed by atoms with Crippen LogP contribution in [0.25, 0.3) is 0 Å². The Balaban J connectivity index is 5.38. The second-order valence-electron chi connectivity index (χ2n) is 8.80. The minimum absolute atomic E-state index is 0.0286. The minimum atomic E-state index is -1.49. The molecular weight excluding hydrogens is 478 g/mol. The number of nitrogens with one attached hydrogen (secondary N) is 3. The van der Waals surface area contributed by atoms with Gasteiger partial charge in [-0.15, -0.1) is 0 Å². The van der Waals surface area contributed by atoms with E-state index in [-0.39, 0.29) is 50.5 Å². The Kier molecular flexibility index (Phi) is 14.7. The summed E-state index contributed by atoms with van der Waals surface area (Å²) in [4.78, 5) is 64.0. The number of carboxylic acids is 2. The number of nitrogens with two attached hydrogens (primary N) is 3. The summed E-state index contributed by atoms with van der Waals surface area (Å²) < 4.78 is 0. The maximum absolute atomic E-state index is 12.9. The van der Waals surface area contributed by atoms with E-state index in [0.717, 1.165) is 0 Å². The van der Waals surface area contributed by atoms with Crippen molar-refractivity contribution >= 4 is 35.6 Å². The smallest absolute Gasteiger partial charge is 0.326 e. The standard InChI is InChI=1S/C21H39N7O8/c1-10(2)9-14(18(33)26-13(20(35)36)5-4-8-25-21(23)24)27-19(34)16(11(3)29)28-17(32)12(22)6-7-15(30)31/h10-14,16,29H,4-9,22H2,1-3H3,(H,26,33)(H,27,34)(H,28,32)(H,30,31)(H,35,36)(H4,23,24,25). The zero-order valence-corrected chi connectivity index (χ0v) is 20.8. The van der Waals surface area contributed by atoms with Crippen molar-refractivity contribution in [3.05, 3.63) is 0 Å². The zero-order valence-electron chi connectivity index (χ0n) is 20.8. The van der Waals surface area contributed by atoms with Crippen LogP contribution < -0.4 is 33.2 Å². The van der Waals surface area contributed by atoms with Crippen molar-refractivity contribution in [3.63, 3.8) is 0 Å². The Bertz CT molecular complexity index is 799. The SMILES string of the molecule is CC(C)CC(NC(=O)C(NC(=O)C(N)CCC(=O)O)C(C)O)C(=O)NC(CCCN=C(N)N)C(=O)O. The predicted octanol–water partition coefficient (Wildman–Crippen LogP) is -2.80. The van der Waals surface area contributed by atoms with Crippen molar-refractivity contribution in [2.75, 3.05) is 6.54 Å². The van der Waals surface area contributed by atoms with Gasteiger partial charge in [0.2, 0.25) is 17.7 Å². The number of rotatable bonds is 17. The molecule has 0 aliphatic rings. The number of aliphatic hydroxyl groups excluding tert-OH is 1. The summed E-state index contributed by atoms with van der Waals surface area (Å²) in [5.41, 5.74) is 16.1. The molecule has 0 radical (unpaired) electrons. The van der Waals surface area contributed by atoms with Crippen molar-refractivity contribution in [1.29, 1.82) is 0 Å². The maximum atomic E-state index is 12.9. The molecule has 3 amide bonds. The van der Waals surface area contributed by atoms with Gasteiger partial charge in [-0.05, 0) is 38.5 Å². The van der Waals surface area contributed by atoms with Crippen LogP contribution in [0.15, 0.2) is 4.99 Å². The lowest BCUT2D eigenvalue weighted by Gasteiger charge is -2.27. The van der Waals surface area contributed by atoms with Crippen LogP contribution in [0, 0.1) is 5.92 Å². The molecule has 0 saturated carbocycles. The Morgan fingerprint density at radius 3 is 1.92 bits per heavy atom. The van der Waals surface area contributed by atoms with Gasteiger partial charge < -0.3 is 48.5 Å². The molecule has 0 aromatic carbocycles. The van der Waals surface area contributed by atoms with E-state index >= 15 is 0 Å². The van der Waals surface area contributed by atoms with E-state index in [4.69, 9.17) is 22.3 Å². The number of carbonyl (C=O) groups is 5. The lowest BCUT2D eigenvalue weighted by atomic mass is 10.0. The van der Waals surface area contributed by atoms with Crippen LogP contribution in [0.2, 0.25) is 0 Å². The first-order valence-electron chi connectivity index (χ1n) is 11.5. The number of hydrogen-bond donors (Lipinski definition) is 9. The average Bonchev–Trinajstić information content (AvgIpc) is 2.75. The number of hydrogen-bond acceptors (Lipinski definition) is 8. The Morgan fingerprint density at radius 1 is 0.861 bits per heavy atom. The van der Waals surface area contributed by atoms with Crippen molar-refractivity contribution < 1.29 is 39.3 Å². The molecule has 0 heterocycles. The lowest BCUT2D eigenvalue weighted by molar-refractivity contribution is -0.143. The van der Waals surface area contributed by atoms with Crippen LogP contribution in [0.4, 0.5) is 0 Å². The highest BCUT2D eigenvalue weighted by atomic mass is 16.4. The first kappa shape index (κ1) is 32.5. The van der Waals surface area contributed by atoms with Crippen LogP contribution in [0.5, 0.6) is 0 Å². The topological polar surface area (TPSA) is 273 Å². The summed E-state index contributed by atoms with van der Waals surface area (Å²) in [6.45, 7) is 4.97. The maximum Gasteiger partial charge on any atom is 0.326 e. The number of amides is 3. The normalized spacial score (nSPS) is 15.1. The molecular formula is C21H39N7O8. The molecule has 0 rings (SSSR count). The molecule has 12 N–H and O–H groups in total. The van der Waals surface area contributed by atoms with Crippen molar-refractivity contribution in [2.45, 2.75) is 83.1 Å². The Hall–Kier alpha value is -3.46. The molecule has 0 bridgehead atoms. The first-order valence-corrected chi connectivity index (χ1v) is 11.5. The van der Waals surface area contributed by atoms with Crippen LogP contribution in [0.1, 0.15) is 52.9 Å². The lowest BCUT2D eigenvalue weighted by Crippen LogP contribution is -2.60. The van der Waals surface area contributed by atoms with Gasteiger partial charge in [-0.25, -0.2) is 4.79 Å². The highest BCUT2D eigenvalue weighted by Crippen LogP contribution is 2.08. The molecule has 5 unspecified atom stereocenters. The van der Waals surface area contributed by atoms with Crippen molar-refractivity contribution in [3.8, 4) is 0 Å². The first-order chi connectivity index (χ1) is 16.6. The average molecular weight is 518 g/mol. The minimum Gasteiger partial charge on any atom is -0.481 e. The molecule has 0 aromatic heterocycles. The highest BCUT2D eigenvalue weighted by molar-refractivity contribution is 5.94. The van der Waals surface area contributed by atoms with Crippen LogP contribution in [-0.2, 0) is 24.0 Å². The molecule has 15 nitrogen and oxygen atoms in total. The van der Waals surface area contributed by atoms with Crippen LogP contribution in [0.3, 0.4) is 0 Å². The van der Waals surface area contributed by atoms with Crippen molar-refractivity contribution in [1.82, 2.24) is 16.0 Å². The quantitative estimate of drug-likeness (QED) is 0.0539. The number of carbonyl (C=O) groups excluding carboxylic acids is 3. The van der Waals surface area contributed by atoms with Crippen molar-refractivity contribution in [2.24, 2.45) is 28.1 Å². The molecule has 0 aliphatic carbocycles.